The molecule has 7 nitrogen and oxygen atoms in total. The normalized spacial score (nSPS) is 19.5. The topological polar surface area (TPSA) is 76.3 Å². The first-order chi connectivity index (χ1) is 15.6. The van der Waals surface area contributed by atoms with Crippen LogP contribution in [0.4, 0.5) is 27.9 Å². The Labute approximate surface area is 184 Å². The number of hydrogen-bond acceptors (Lipinski definition) is 6. The fourth-order valence-electron chi connectivity index (χ4n) is 4.22. The van der Waals surface area contributed by atoms with Gasteiger partial charge in [0.05, 0.1) is 30.2 Å². The van der Waals surface area contributed by atoms with Gasteiger partial charge in [-0.1, -0.05) is 12.8 Å². The third kappa shape index (κ3) is 3.85. The Morgan fingerprint density at radius 1 is 1.21 bits per heavy atom. The van der Waals surface area contributed by atoms with Crippen LogP contribution < -0.4 is 4.90 Å². The number of rotatable bonds is 4. The van der Waals surface area contributed by atoms with E-state index < -0.39 is 34.7 Å². The molecule has 3 heterocycles. The van der Waals surface area contributed by atoms with Crippen LogP contribution in [0.5, 0.6) is 5.75 Å². The third-order valence-corrected chi connectivity index (χ3v) is 6.09. The van der Waals surface area contributed by atoms with Crippen LogP contribution in [-0.2, 0) is 18.0 Å². The van der Waals surface area contributed by atoms with Crippen molar-refractivity contribution in [3.05, 3.63) is 29.5 Å². The highest BCUT2D eigenvalue weighted by molar-refractivity contribution is 5.91. The zero-order valence-corrected chi connectivity index (χ0v) is 17.5. The van der Waals surface area contributed by atoms with E-state index in [9.17, 15) is 27.1 Å². The summed E-state index contributed by atoms with van der Waals surface area (Å²) in [6.45, 7) is 1.65. The molecule has 33 heavy (non-hydrogen) atoms. The second-order valence-corrected chi connectivity index (χ2v) is 8.43. The van der Waals surface area contributed by atoms with Crippen LogP contribution in [0, 0.1) is 17.6 Å². The standard InChI is InChI=1S/C21H20F5N5O2/c1-30-19-13(8-27-20(28-19)31-4-5-33-9-11(31)6-10-2-3-10)17(29-30)12-7-14(21(24,25)26)16(23)18(32)15(12)22/h7-8,10-11,32H,2-6,9H2,1H3. The van der Waals surface area contributed by atoms with Crippen LogP contribution in [0.15, 0.2) is 12.3 Å². The molecule has 1 saturated heterocycles. The number of benzene rings is 1. The highest BCUT2D eigenvalue weighted by Gasteiger charge is 2.38. The highest BCUT2D eigenvalue weighted by atomic mass is 19.4. The SMILES string of the molecule is Cn1nc(-c2cc(C(F)(F)F)c(F)c(O)c2F)c2cnc(N3CCOCC3CC3CC3)nc21. The number of phenols is 1. The maximum atomic E-state index is 14.6. The molecule has 2 fully saturated rings. The minimum atomic E-state index is -5.13. The van der Waals surface area contributed by atoms with Crippen molar-refractivity contribution in [2.45, 2.75) is 31.5 Å². The molecule has 0 spiro atoms. The van der Waals surface area contributed by atoms with Crippen molar-refractivity contribution in [3.63, 3.8) is 0 Å². The van der Waals surface area contributed by atoms with Gasteiger partial charge in [-0.15, -0.1) is 0 Å². The number of aryl methyl sites for hydroxylation is 1. The molecule has 1 aromatic carbocycles. The van der Waals surface area contributed by atoms with Crippen LogP contribution in [0.2, 0.25) is 0 Å². The second kappa shape index (κ2) is 7.79. The van der Waals surface area contributed by atoms with Crippen molar-refractivity contribution < 1.29 is 31.8 Å². The predicted octanol–water partition coefficient (Wildman–Crippen LogP) is 4.04. The molecule has 1 saturated carbocycles. The zero-order valence-electron chi connectivity index (χ0n) is 17.5. The van der Waals surface area contributed by atoms with E-state index >= 15 is 0 Å². The largest absolute Gasteiger partial charge is 0.503 e. The third-order valence-electron chi connectivity index (χ3n) is 6.09. The lowest BCUT2D eigenvalue weighted by Crippen LogP contribution is -2.46. The summed E-state index contributed by atoms with van der Waals surface area (Å²) in [5, 5.41) is 13.9. The van der Waals surface area contributed by atoms with E-state index in [2.05, 4.69) is 15.1 Å². The first-order valence-electron chi connectivity index (χ1n) is 10.5. The molecule has 176 valence electrons. The summed E-state index contributed by atoms with van der Waals surface area (Å²) < 4.78 is 75.1. The van der Waals surface area contributed by atoms with Crippen LogP contribution in [0.25, 0.3) is 22.3 Å². The van der Waals surface area contributed by atoms with Crippen molar-refractivity contribution >= 4 is 17.0 Å². The summed E-state index contributed by atoms with van der Waals surface area (Å²) in [7, 11) is 1.51. The molecule has 0 amide bonds. The van der Waals surface area contributed by atoms with Gasteiger partial charge in [-0.05, 0) is 18.4 Å². The van der Waals surface area contributed by atoms with Gasteiger partial charge < -0.3 is 14.7 Å². The number of morpholine rings is 1. The van der Waals surface area contributed by atoms with E-state index in [1.165, 1.54) is 30.8 Å². The first-order valence-corrected chi connectivity index (χ1v) is 10.5. The van der Waals surface area contributed by atoms with Gasteiger partial charge in [0.2, 0.25) is 5.95 Å². The summed E-state index contributed by atoms with van der Waals surface area (Å²) in [6, 6.07) is 0.408. The number of aromatic hydroxyl groups is 1. The second-order valence-electron chi connectivity index (χ2n) is 8.43. The maximum Gasteiger partial charge on any atom is 0.419 e. The highest BCUT2D eigenvalue weighted by Crippen LogP contribution is 2.41. The predicted molar refractivity (Wildman–Crippen MR) is 108 cm³/mol. The summed E-state index contributed by atoms with van der Waals surface area (Å²) in [5.74, 6) is -4.25. The van der Waals surface area contributed by atoms with Crippen molar-refractivity contribution in [1.82, 2.24) is 19.7 Å². The van der Waals surface area contributed by atoms with E-state index in [1.807, 2.05) is 4.90 Å². The number of fused-ring (bicyclic) bond motifs is 1. The Morgan fingerprint density at radius 3 is 2.67 bits per heavy atom. The molecule has 1 unspecified atom stereocenters. The van der Waals surface area contributed by atoms with Crippen LogP contribution >= 0.6 is 0 Å². The van der Waals surface area contributed by atoms with Crippen molar-refractivity contribution in [3.8, 4) is 17.0 Å². The number of alkyl halides is 3. The van der Waals surface area contributed by atoms with Crippen molar-refractivity contribution in [1.29, 1.82) is 0 Å². The molecule has 1 atom stereocenters. The van der Waals surface area contributed by atoms with Gasteiger partial charge in [-0.2, -0.15) is 23.3 Å². The molecule has 5 rings (SSSR count). The van der Waals surface area contributed by atoms with Crippen LogP contribution in [0.3, 0.4) is 0 Å². The monoisotopic (exact) mass is 469 g/mol. The average molecular weight is 469 g/mol. The lowest BCUT2D eigenvalue weighted by Gasteiger charge is -2.35. The minimum absolute atomic E-state index is 0.109. The summed E-state index contributed by atoms with van der Waals surface area (Å²) in [6.07, 6.45) is -0.448. The van der Waals surface area contributed by atoms with Crippen LogP contribution in [-0.4, -0.2) is 50.7 Å². The summed E-state index contributed by atoms with van der Waals surface area (Å²) >= 11 is 0. The molecule has 1 aliphatic heterocycles. The number of phenolic OH excluding ortho intramolecular Hbond substituents is 1. The maximum absolute atomic E-state index is 14.6. The van der Waals surface area contributed by atoms with E-state index in [4.69, 9.17) is 4.74 Å². The Hall–Kier alpha value is -3.02. The Balaban J connectivity index is 1.59. The molecule has 12 heteroatoms. The quantitative estimate of drug-likeness (QED) is 0.582. The van der Waals surface area contributed by atoms with Gasteiger partial charge in [0.25, 0.3) is 0 Å². The molecule has 1 N–H and O–H groups in total. The lowest BCUT2D eigenvalue weighted by atomic mass is 10.0. The summed E-state index contributed by atoms with van der Waals surface area (Å²) in [4.78, 5) is 11.0. The number of hydrogen-bond donors (Lipinski definition) is 1. The fraction of sp³-hybridized carbons (Fsp3) is 0.476. The van der Waals surface area contributed by atoms with Gasteiger partial charge in [0, 0.05) is 25.4 Å². The zero-order chi connectivity index (χ0) is 23.5. The van der Waals surface area contributed by atoms with E-state index in [-0.39, 0.29) is 22.8 Å². The van der Waals surface area contributed by atoms with Crippen molar-refractivity contribution in [2.75, 3.05) is 24.7 Å². The molecule has 0 radical (unpaired) electrons. The number of halogens is 5. The van der Waals surface area contributed by atoms with Gasteiger partial charge in [-0.3, -0.25) is 0 Å². The van der Waals surface area contributed by atoms with Gasteiger partial charge >= 0.3 is 6.18 Å². The number of ether oxygens (including phenoxy) is 1. The molecule has 3 aromatic rings. The number of anilines is 1. The smallest absolute Gasteiger partial charge is 0.419 e. The molecular weight excluding hydrogens is 449 g/mol. The Morgan fingerprint density at radius 2 is 1.97 bits per heavy atom. The molecule has 1 aliphatic carbocycles. The summed E-state index contributed by atoms with van der Waals surface area (Å²) in [5.41, 5.74) is -2.44. The number of nitrogens with zero attached hydrogens (tertiary/aromatic N) is 5. The van der Waals surface area contributed by atoms with E-state index in [0.717, 1.165) is 6.42 Å². The van der Waals surface area contributed by atoms with E-state index in [0.29, 0.717) is 37.7 Å². The molecule has 0 bridgehead atoms. The number of aromatic nitrogens is 4. The van der Waals surface area contributed by atoms with Crippen LogP contribution in [0.1, 0.15) is 24.8 Å². The fourth-order valence-corrected chi connectivity index (χ4v) is 4.22. The average Bonchev–Trinajstić information content (AvgIpc) is 3.53. The molecular formula is C21H20F5N5O2. The minimum Gasteiger partial charge on any atom is -0.503 e. The Bertz CT molecular complexity index is 1220. The Kier molecular flexibility index (Phi) is 5.15. The van der Waals surface area contributed by atoms with Gasteiger partial charge in [-0.25, -0.2) is 18.4 Å². The molecule has 2 aromatic heterocycles. The van der Waals surface area contributed by atoms with E-state index in [1.54, 1.807) is 0 Å². The lowest BCUT2D eigenvalue weighted by molar-refractivity contribution is -0.140. The first kappa shape index (κ1) is 21.8. The van der Waals surface area contributed by atoms with Gasteiger partial charge in [0.15, 0.2) is 23.0 Å². The molecule has 2 aliphatic rings. The van der Waals surface area contributed by atoms with Gasteiger partial charge in [0.1, 0.15) is 5.69 Å². The van der Waals surface area contributed by atoms with Crippen molar-refractivity contribution in [2.24, 2.45) is 13.0 Å².